The molecular formula is C9H13NO2. The van der Waals surface area contributed by atoms with E-state index in [2.05, 4.69) is 0 Å². The molecule has 1 rings (SSSR count). The zero-order chi connectivity index (χ0) is 9.14. The quantitative estimate of drug-likeness (QED) is 0.745. The lowest BCUT2D eigenvalue weighted by Crippen LogP contribution is -2.05. The minimum Gasteiger partial charge on any atom is -0.477 e. The number of aromatic nitrogens is 1. The Morgan fingerprint density at radius 3 is 2.58 bits per heavy atom. The van der Waals surface area contributed by atoms with E-state index in [0.29, 0.717) is 12.2 Å². The first-order valence-electron chi connectivity index (χ1n) is 4.11. The molecule has 0 aromatic carbocycles. The maximum absolute atomic E-state index is 10.7. The van der Waals surface area contributed by atoms with Crippen LogP contribution in [-0.2, 0) is 13.0 Å². The molecule has 0 saturated heterocycles. The highest BCUT2D eigenvalue weighted by Gasteiger charge is 2.09. The number of carbonyl (C=O) groups is 1. The summed E-state index contributed by atoms with van der Waals surface area (Å²) in [6.45, 7) is 4.66. The maximum atomic E-state index is 10.7. The van der Waals surface area contributed by atoms with Crippen LogP contribution in [0, 0.1) is 0 Å². The molecule has 3 nitrogen and oxygen atoms in total. The zero-order valence-electron chi connectivity index (χ0n) is 7.37. The summed E-state index contributed by atoms with van der Waals surface area (Å²) >= 11 is 0. The topological polar surface area (TPSA) is 42.2 Å². The summed E-state index contributed by atoms with van der Waals surface area (Å²) in [4.78, 5) is 10.7. The molecule has 1 aromatic heterocycles. The van der Waals surface area contributed by atoms with Gasteiger partial charge in [0.1, 0.15) is 5.69 Å². The van der Waals surface area contributed by atoms with E-state index < -0.39 is 5.97 Å². The molecular weight excluding hydrogens is 154 g/mol. The van der Waals surface area contributed by atoms with Gasteiger partial charge in [-0.3, -0.25) is 0 Å². The predicted molar refractivity (Wildman–Crippen MR) is 46.4 cm³/mol. The predicted octanol–water partition coefficient (Wildman–Crippen LogP) is 1.77. The van der Waals surface area contributed by atoms with Crippen LogP contribution in [0.4, 0.5) is 0 Å². The molecule has 1 heterocycles. The summed E-state index contributed by atoms with van der Waals surface area (Å²) in [5.74, 6) is -0.850. The molecule has 0 atom stereocenters. The third-order valence-corrected chi connectivity index (χ3v) is 1.92. The van der Waals surface area contributed by atoms with E-state index in [9.17, 15) is 4.79 Å². The summed E-state index contributed by atoms with van der Waals surface area (Å²) in [6, 6.07) is 1.73. The number of carboxylic acids is 1. The first-order valence-corrected chi connectivity index (χ1v) is 4.11. The van der Waals surface area contributed by atoms with Gasteiger partial charge in [-0.1, -0.05) is 6.92 Å². The van der Waals surface area contributed by atoms with Crippen LogP contribution in [-0.4, -0.2) is 15.6 Å². The number of aryl methyl sites for hydroxylation is 2. The largest absolute Gasteiger partial charge is 0.477 e. The average molecular weight is 167 g/mol. The van der Waals surface area contributed by atoms with Gasteiger partial charge in [-0.05, 0) is 25.0 Å². The van der Waals surface area contributed by atoms with Crippen molar-refractivity contribution in [1.29, 1.82) is 0 Å². The normalized spacial score (nSPS) is 10.2. The number of rotatable bonds is 3. The van der Waals surface area contributed by atoms with Crippen LogP contribution >= 0.6 is 0 Å². The summed E-state index contributed by atoms with van der Waals surface area (Å²) < 4.78 is 1.75. The second kappa shape index (κ2) is 3.43. The Morgan fingerprint density at radius 1 is 1.58 bits per heavy atom. The molecule has 1 aromatic rings. The van der Waals surface area contributed by atoms with Crippen molar-refractivity contribution in [2.75, 3.05) is 0 Å². The lowest BCUT2D eigenvalue weighted by molar-refractivity contribution is 0.0685. The number of nitrogens with zero attached hydrogens (tertiary/aromatic N) is 1. The van der Waals surface area contributed by atoms with E-state index in [0.717, 1.165) is 12.0 Å². The first kappa shape index (κ1) is 8.84. The van der Waals surface area contributed by atoms with Crippen LogP contribution in [0.5, 0.6) is 0 Å². The highest BCUT2D eigenvalue weighted by Crippen LogP contribution is 2.09. The summed E-state index contributed by atoms with van der Waals surface area (Å²) in [7, 11) is 0. The lowest BCUT2D eigenvalue weighted by Gasteiger charge is -1.99. The van der Waals surface area contributed by atoms with Gasteiger partial charge in [0.2, 0.25) is 0 Å². The molecule has 66 valence electrons. The standard InChI is InChI=1S/C9H13NO2/c1-3-7-5-8(9(11)12)10(4-2)6-7/h5-6H,3-4H2,1-2H3,(H,11,12). The van der Waals surface area contributed by atoms with E-state index in [1.165, 1.54) is 0 Å². The molecule has 0 aliphatic heterocycles. The Balaban J connectivity index is 3.08. The minimum absolute atomic E-state index is 0.384. The fraction of sp³-hybridized carbons (Fsp3) is 0.444. The smallest absolute Gasteiger partial charge is 0.352 e. The third-order valence-electron chi connectivity index (χ3n) is 1.92. The van der Waals surface area contributed by atoms with Crippen LogP contribution in [0.25, 0.3) is 0 Å². The van der Waals surface area contributed by atoms with Gasteiger partial charge in [0.05, 0.1) is 0 Å². The molecule has 12 heavy (non-hydrogen) atoms. The second-order valence-corrected chi connectivity index (χ2v) is 2.68. The Bertz CT molecular complexity index is 289. The van der Waals surface area contributed by atoms with E-state index >= 15 is 0 Å². The van der Waals surface area contributed by atoms with Crippen LogP contribution in [0.1, 0.15) is 29.9 Å². The van der Waals surface area contributed by atoms with Crippen LogP contribution in [0.3, 0.4) is 0 Å². The molecule has 0 fully saturated rings. The molecule has 0 unspecified atom stereocenters. The summed E-state index contributed by atoms with van der Waals surface area (Å²) in [5, 5.41) is 8.78. The van der Waals surface area contributed by atoms with Crippen molar-refractivity contribution in [2.24, 2.45) is 0 Å². The Morgan fingerprint density at radius 2 is 2.25 bits per heavy atom. The van der Waals surface area contributed by atoms with Crippen molar-refractivity contribution >= 4 is 5.97 Å². The highest BCUT2D eigenvalue weighted by atomic mass is 16.4. The van der Waals surface area contributed by atoms with E-state index in [1.54, 1.807) is 10.6 Å². The van der Waals surface area contributed by atoms with Crippen molar-refractivity contribution in [3.8, 4) is 0 Å². The molecule has 1 N–H and O–H groups in total. The first-order chi connectivity index (χ1) is 5.69. The molecule has 0 radical (unpaired) electrons. The number of hydrogen-bond acceptors (Lipinski definition) is 1. The van der Waals surface area contributed by atoms with Crippen LogP contribution in [0.2, 0.25) is 0 Å². The van der Waals surface area contributed by atoms with Gasteiger partial charge in [-0.15, -0.1) is 0 Å². The SMILES string of the molecule is CCc1cc(C(=O)O)n(CC)c1. The van der Waals surface area contributed by atoms with Gasteiger partial charge in [-0.2, -0.15) is 0 Å². The molecule has 0 spiro atoms. The van der Waals surface area contributed by atoms with Gasteiger partial charge in [0, 0.05) is 12.7 Å². The minimum atomic E-state index is -0.850. The maximum Gasteiger partial charge on any atom is 0.352 e. The van der Waals surface area contributed by atoms with Gasteiger partial charge < -0.3 is 9.67 Å². The van der Waals surface area contributed by atoms with Gasteiger partial charge in [0.15, 0.2) is 0 Å². The van der Waals surface area contributed by atoms with Crippen molar-refractivity contribution in [3.05, 3.63) is 23.5 Å². The molecule has 0 aliphatic carbocycles. The number of aromatic carboxylic acids is 1. The monoisotopic (exact) mass is 167 g/mol. The van der Waals surface area contributed by atoms with Gasteiger partial charge in [0.25, 0.3) is 0 Å². The fourth-order valence-corrected chi connectivity index (χ4v) is 1.21. The van der Waals surface area contributed by atoms with Crippen molar-refractivity contribution < 1.29 is 9.90 Å². The summed E-state index contributed by atoms with van der Waals surface area (Å²) in [6.07, 6.45) is 2.77. The number of carboxylic acid groups (broad SMARTS) is 1. The van der Waals surface area contributed by atoms with E-state index in [4.69, 9.17) is 5.11 Å². The zero-order valence-corrected chi connectivity index (χ0v) is 7.37. The van der Waals surface area contributed by atoms with Crippen molar-refractivity contribution in [1.82, 2.24) is 4.57 Å². The fourth-order valence-electron chi connectivity index (χ4n) is 1.21. The third kappa shape index (κ3) is 1.49. The highest BCUT2D eigenvalue weighted by molar-refractivity contribution is 5.86. The average Bonchev–Trinajstić information content (AvgIpc) is 2.47. The van der Waals surface area contributed by atoms with E-state index in [1.807, 2.05) is 20.0 Å². The van der Waals surface area contributed by atoms with Crippen LogP contribution in [0.15, 0.2) is 12.3 Å². The van der Waals surface area contributed by atoms with E-state index in [-0.39, 0.29) is 0 Å². The van der Waals surface area contributed by atoms with Crippen LogP contribution < -0.4 is 0 Å². The van der Waals surface area contributed by atoms with Crippen molar-refractivity contribution in [2.45, 2.75) is 26.8 Å². The Labute approximate surface area is 71.6 Å². The molecule has 0 bridgehead atoms. The number of hydrogen-bond donors (Lipinski definition) is 1. The Kier molecular flexibility index (Phi) is 2.53. The van der Waals surface area contributed by atoms with Gasteiger partial charge >= 0.3 is 5.97 Å². The molecule has 0 saturated carbocycles. The van der Waals surface area contributed by atoms with Gasteiger partial charge in [-0.25, -0.2) is 4.79 Å². The van der Waals surface area contributed by atoms with Crippen molar-refractivity contribution in [3.63, 3.8) is 0 Å². The lowest BCUT2D eigenvalue weighted by atomic mass is 10.2. The molecule has 3 heteroatoms. The summed E-state index contributed by atoms with van der Waals surface area (Å²) in [5.41, 5.74) is 1.46. The molecule has 0 aliphatic rings. The second-order valence-electron chi connectivity index (χ2n) is 2.68. The molecule has 0 amide bonds. The Hall–Kier alpha value is -1.25.